The van der Waals surface area contributed by atoms with Gasteiger partial charge in [0.15, 0.2) is 0 Å². The number of furan rings is 1. The largest absolute Gasteiger partial charge is 0.459 e. The van der Waals surface area contributed by atoms with Crippen molar-refractivity contribution in [3.8, 4) is 0 Å². The van der Waals surface area contributed by atoms with Crippen LogP contribution < -0.4 is 5.32 Å². The van der Waals surface area contributed by atoms with Gasteiger partial charge in [0.1, 0.15) is 11.3 Å². The Balaban J connectivity index is 1.77. The highest BCUT2D eigenvalue weighted by molar-refractivity contribution is 5.77. The molecule has 2 atom stereocenters. The maximum Gasteiger partial charge on any atom is 0.134 e. The van der Waals surface area contributed by atoms with Crippen molar-refractivity contribution in [3.05, 3.63) is 36.1 Å². The van der Waals surface area contributed by atoms with Gasteiger partial charge >= 0.3 is 0 Å². The highest BCUT2D eigenvalue weighted by atomic mass is 16.5. The summed E-state index contributed by atoms with van der Waals surface area (Å²) in [5.41, 5.74) is 0.957. The molecule has 3 rings (SSSR count). The Hall–Kier alpha value is -1.32. The smallest absolute Gasteiger partial charge is 0.134 e. The van der Waals surface area contributed by atoms with Crippen molar-refractivity contribution in [3.63, 3.8) is 0 Å². The normalized spacial score (nSPS) is 22.1. The van der Waals surface area contributed by atoms with E-state index in [1.165, 1.54) is 5.39 Å². The number of fused-ring (bicyclic) bond motifs is 1. The first kappa shape index (κ1) is 10.8. The molecule has 1 aromatic carbocycles. The van der Waals surface area contributed by atoms with E-state index >= 15 is 0 Å². The van der Waals surface area contributed by atoms with Gasteiger partial charge in [-0.2, -0.15) is 0 Å². The van der Waals surface area contributed by atoms with Gasteiger partial charge in [-0.25, -0.2) is 0 Å². The molecule has 1 N–H and O–H groups in total. The zero-order valence-corrected chi connectivity index (χ0v) is 9.98. The van der Waals surface area contributed by atoms with Crippen molar-refractivity contribution in [2.45, 2.75) is 25.4 Å². The van der Waals surface area contributed by atoms with E-state index in [1.54, 1.807) is 0 Å². The Morgan fingerprint density at radius 2 is 2.24 bits per heavy atom. The van der Waals surface area contributed by atoms with Gasteiger partial charge in [0.05, 0.1) is 12.6 Å². The van der Waals surface area contributed by atoms with Crippen LogP contribution >= 0.6 is 0 Å². The van der Waals surface area contributed by atoms with Gasteiger partial charge < -0.3 is 14.5 Å². The van der Waals surface area contributed by atoms with Crippen molar-refractivity contribution in [2.24, 2.45) is 0 Å². The fourth-order valence-corrected chi connectivity index (χ4v) is 2.32. The molecule has 0 bridgehead atoms. The first-order chi connectivity index (χ1) is 8.33. The molecular formula is C14H17NO2. The molecule has 0 aliphatic carbocycles. The number of benzene rings is 1. The van der Waals surface area contributed by atoms with E-state index in [-0.39, 0.29) is 6.04 Å². The molecule has 2 heterocycles. The Kier molecular flexibility index (Phi) is 2.87. The first-order valence-electron chi connectivity index (χ1n) is 6.15. The summed E-state index contributed by atoms with van der Waals surface area (Å²) in [5, 5.41) is 4.70. The van der Waals surface area contributed by atoms with Gasteiger partial charge in [0.25, 0.3) is 0 Å². The van der Waals surface area contributed by atoms with Crippen molar-refractivity contribution in [2.75, 3.05) is 13.2 Å². The van der Waals surface area contributed by atoms with Crippen LogP contribution in [0.25, 0.3) is 11.0 Å². The third kappa shape index (κ3) is 2.21. The van der Waals surface area contributed by atoms with Crippen LogP contribution in [-0.2, 0) is 4.74 Å². The predicted octanol–water partition coefficient (Wildman–Crippen LogP) is 2.87. The second-order valence-corrected chi connectivity index (χ2v) is 4.64. The van der Waals surface area contributed by atoms with E-state index < -0.39 is 0 Å². The summed E-state index contributed by atoms with van der Waals surface area (Å²) in [6.07, 6.45) is 1.09. The first-order valence-corrected chi connectivity index (χ1v) is 6.15. The van der Waals surface area contributed by atoms with Crippen molar-refractivity contribution < 1.29 is 9.15 Å². The molecule has 1 aliphatic heterocycles. The standard InChI is InChI=1S/C14H17NO2/c1-10(15-12-6-7-16-9-12)14-8-11-4-2-3-5-13(11)17-14/h2-5,8,10,12,15H,6-7,9H2,1H3. The zero-order valence-electron chi connectivity index (χ0n) is 9.98. The molecule has 1 fully saturated rings. The number of hydrogen-bond acceptors (Lipinski definition) is 3. The van der Waals surface area contributed by atoms with Crippen LogP contribution in [0.1, 0.15) is 25.1 Å². The van der Waals surface area contributed by atoms with Crippen molar-refractivity contribution in [1.82, 2.24) is 5.32 Å². The van der Waals surface area contributed by atoms with Crippen molar-refractivity contribution >= 4 is 11.0 Å². The molecule has 2 aromatic rings. The maximum atomic E-state index is 5.84. The lowest BCUT2D eigenvalue weighted by molar-refractivity contribution is 0.187. The summed E-state index contributed by atoms with van der Waals surface area (Å²) in [5.74, 6) is 0.998. The van der Waals surface area contributed by atoms with Crippen LogP contribution in [0.5, 0.6) is 0 Å². The molecule has 3 heteroatoms. The summed E-state index contributed by atoms with van der Waals surface area (Å²) < 4.78 is 11.2. The third-order valence-electron chi connectivity index (χ3n) is 3.29. The van der Waals surface area contributed by atoms with Crippen LogP contribution in [-0.4, -0.2) is 19.3 Å². The van der Waals surface area contributed by atoms with Crippen LogP contribution in [0.3, 0.4) is 0 Å². The molecule has 1 saturated heterocycles. The summed E-state index contributed by atoms with van der Waals surface area (Å²) in [6.45, 7) is 3.81. The molecule has 3 nitrogen and oxygen atoms in total. The molecule has 0 amide bonds. The molecule has 17 heavy (non-hydrogen) atoms. The van der Waals surface area contributed by atoms with Crippen LogP contribution in [0.4, 0.5) is 0 Å². The summed E-state index contributed by atoms with van der Waals surface area (Å²) in [7, 11) is 0. The highest BCUT2D eigenvalue weighted by Gasteiger charge is 2.19. The SMILES string of the molecule is CC(NC1CCOC1)c1cc2ccccc2o1. The number of para-hydroxylation sites is 1. The van der Waals surface area contributed by atoms with E-state index in [0.717, 1.165) is 31.0 Å². The maximum absolute atomic E-state index is 5.84. The molecule has 0 radical (unpaired) electrons. The van der Waals surface area contributed by atoms with Gasteiger partial charge in [-0.05, 0) is 25.5 Å². The minimum Gasteiger partial charge on any atom is -0.459 e. The Morgan fingerprint density at radius 1 is 1.35 bits per heavy atom. The second kappa shape index (κ2) is 4.51. The third-order valence-corrected chi connectivity index (χ3v) is 3.29. The average Bonchev–Trinajstić information content (AvgIpc) is 2.96. The quantitative estimate of drug-likeness (QED) is 0.882. The van der Waals surface area contributed by atoms with Crippen molar-refractivity contribution in [1.29, 1.82) is 0 Å². The number of hydrogen-bond donors (Lipinski definition) is 1. The highest BCUT2D eigenvalue weighted by Crippen LogP contribution is 2.24. The number of nitrogens with one attached hydrogen (secondary N) is 1. The monoisotopic (exact) mass is 231 g/mol. The van der Waals surface area contributed by atoms with Gasteiger partial charge in [-0.1, -0.05) is 18.2 Å². The molecule has 2 unspecified atom stereocenters. The van der Waals surface area contributed by atoms with E-state index in [1.807, 2.05) is 18.2 Å². The number of rotatable bonds is 3. The van der Waals surface area contributed by atoms with Crippen LogP contribution in [0.15, 0.2) is 34.7 Å². The lowest BCUT2D eigenvalue weighted by Gasteiger charge is -2.15. The topological polar surface area (TPSA) is 34.4 Å². The van der Waals surface area contributed by atoms with Crippen LogP contribution in [0, 0.1) is 0 Å². The molecule has 1 aliphatic rings. The molecule has 90 valence electrons. The average molecular weight is 231 g/mol. The van der Waals surface area contributed by atoms with Gasteiger partial charge in [0, 0.05) is 18.0 Å². The van der Waals surface area contributed by atoms with Crippen LogP contribution in [0.2, 0.25) is 0 Å². The molecule has 0 saturated carbocycles. The van der Waals surface area contributed by atoms with E-state index in [2.05, 4.69) is 24.4 Å². The lowest BCUT2D eigenvalue weighted by atomic mass is 10.2. The van der Waals surface area contributed by atoms with E-state index in [4.69, 9.17) is 9.15 Å². The van der Waals surface area contributed by atoms with Gasteiger partial charge in [-0.15, -0.1) is 0 Å². The van der Waals surface area contributed by atoms with E-state index in [9.17, 15) is 0 Å². The minimum absolute atomic E-state index is 0.231. The summed E-state index contributed by atoms with van der Waals surface area (Å²) in [6, 6.07) is 10.9. The fourth-order valence-electron chi connectivity index (χ4n) is 2.32. The zero-order chi connectivity index (χ0) is 11.7. The molecule has 1 aromatic heterocycles. The predicted molar refractivity (Wildman–Crippen MR) is 67.0 cm³/mol. The van der Waals surface area contributed by atoms with Gasteiger partial charge in [-0.3, -0.25) is 0 Å². The van der Waals surface area contributed by atoms with Gasteiger partial charge in [0.2, 0.25) is 0 Å². The minimum atomic E-state index is 0.231. The Morgan fingerprint density at radius 3 is 3.00 bits per heavy atom. The Labute approximate surface area is 101 Å². The Bertz CT molecular complexity index is 467. The van der Waals surface area contributed by atoms with E-state index in [0.29, 0.717) is 6.04 Å². The number of ether oxygens (including phenoxy) is 1. The second-order valence-electron chi connectivity index (χ2n) is 4.64. The fraction of sp³-hybridized carbons (Fsp3) is 0.429. The molecular weight excluding hydrogens is 214 g/mol. The molecule has 0 spiro atoms. The summed E-state index contributed by atoms with van der Waals surface area (Å²) >= 11 is 0. The lowest BCUT2D eigenvalue weighted by Crippen LogP contribution is -2.31. The summed E-state index contributed by atoms with van der Waals surface area (Å²) in [4.78, 5) is 0.